The normalized spacial score (nSPS) is 10.3. The van der Waals surface area contributed by atoms with Crippen LogP contribution in [0.5, 0.6) is 11.5 Å². The molecular weight excluding hydrogens is 264 g/mol. The number of rotatable bonds is 5. The molecule has 0 saturated heterocycles. The quantitative estimate of drug-likeness (QED) is 0.913. The molecule has 0 saturated carbocycles. The molecule has 1 heterocycles. The molecule has 0 fully saturated rings. The summed E-state index contributed by atoms with van der Waals surface area (Å²) in [5.41, 5.74) is 2.02. The first-order valence-corrected chi connectivity index (χ1v) is 6.29. The van der Waals surface area contributed by atoms with Crippen LogP contribution in [0, 0.1) is 0 Å². The van der Waals surface area contributed by atoms with Gasteiger partial charge in [0.15, 0.2) is 0 Å². The third-order valence-electron chi connectivity index (χ3n) is 2.99. The SMILES string of the molecule is COc1cc(OC)c(NCc2cccn2C)cc1Cl. The summed E-state index contributed by atoms with van der Waals surface area (Å²) in [6, 6.07) is 7.65. The molecule has 0 bridgehead atoms. The molecule has 0 aliphatic carbocycles. The number of hydrogen-bond acceptors (Lipinski definition) is 3. The lowest BCUT2D eigenvalue weighted by molar-refractivity contribution is 0.395. The van der Waals surface area contributed by atoms with Crippen LogP contribution in [0.1, 0.15) is 5.69 Å². The van der Waals surface area contributed by atoms with Crippen LogP contribution in [0.4, 0.5) is 5.69 Å². The highest BCUT2D eigenvalue weighted by atomic mass is 35.5. The first-order chi connectivity index (χ1) is 9.15. The fourth-order valence-corrected chi connectivity index (χ4v) is 2.10. The van der Waals surface area contributed by atoms with E-state index in [0.717, 1.165) is 5.69 Å². The maximum atomic E-state index is 6.12. The molecule has 2 rings (SSSR count). The molecule has 2 aromatic rings. The van der Waals surface area contributed by atoms with Gasteiger partial charge in [-0.05, 0) is 18.2 Å². The summed E-state index contributed by atoms with van der Waals surface area (Å²) < 4.78 is 12.6. The Hall–Kier alpha value is -1.81. The summed E-state index contributed by atoms with van der Waals surface area (Å²) in [5, 5.41) is 3.87. The summed E-state index contributed by atoms with van der Waals surface area (Å²) in [6.45, 7) is 0.697. The molecule has 0 spiro atoms. The van der Waals surface area contributed by atoms with Gasteiger partial charge in [-0.2, -0.15) is 0 Å². The van der Waals surface area contributed by atoms with Crippen LogP contribution < -0.4 is 14.8 Å². The fraction of sp³-hybridized carbons (Fsp3) is 0.286. The van der Waals surface area contributed by atoms with Gasteiger partial charge in [-0.25, -0.2) is 0 Å². The molecule has 0 atom stereocenters. The summed E-state index contributed by atoms with van der Waals surface area (Å²) in [5.74, 6) is 1.30. The van der Waals surface area contributed by atoms with Gasteiger partial charge in [0, 0.05) is 25.0 Å². The highest BCUT2D eigenvalue weighted by molar-refractivity contribution is 6.32. The zero-order valence-corrected chi connectivity index (χ0v) is 12.0. The summed E-state index contributed by atoms with van der Waals surface area (Å²) in [4.78, 5) is 0. The Bertz CT molecular complexity index is 567. The Morgan fingerprint density at radius 2 is 1.95 bits per heavy atom. The van der Waals surface area contributed by atoms with E-state index in [1.165, 1.54) is 5.69 Å². The molecule has 102 valence electrons. The van der Waals surface area contributed by atoms with Gasteiger partial charge in [-0.3, -0.25) is 0 Å². The van der Waals surface area contributed by atoms with Crippen molar-refractivity contribution in [2.45, 2.75) is 6.54 Å². The van der Waals surface area contributed by atoms with Crippen LogP contribution in [-0.2, 0) is 13.6 Å². The van der Waals surface area contributed by atoms with E-state index in [4.69, 9.17) is 21.1 Å². The van der Waals surface area contributed by atoms with Crippen LogP contribution in [0.2, 0.25) is 5.02 Å². The second-order valence-electron chi connectivity index (χ2n) is 4.15. The Balaban J connectivity index is 2.20. The van der Waals surface area contributed by atoms with E-state index in [1.807, 2.05) is 25.4 Å². The number of ether oxygens (including phenoxy) is 2. The number of aryl methyl sites for hydroxylation is 1. The number of hydrogen-bond donors (Lipinski definition) is 1. The van der Waals surface area contributed by atoms with E-state index >= 15 is 0 Å². The third kappa shape index (κ3) is 2.96. The minimum atomic E-state index is 0.553. The molecule has 5 heteroatoms. The van der Waals surface area contributed by atoms with Crippen molar-refractivity contribution < 1.29 is 9.47 Å². The molecule has 1 aromatic carbocycles. The van der Waals surface area contributed by atoms with E-state index in [2.05, 4.69) is 16.0 Å². The maximum absolute atomic E-state index is 6.12. The number of nitrogens with zero attached hydrogens (tertiary/aromatic N) is 1. The predicted octanol–water partition coefficient (Wildman–Crippen LogP) is 3.31. The summed E-state index contributed by atoms with van der Waals surface area (Å²) >= 11 is 6.12. The van der Waals surface area contributed by atoms with Gasteiger partial charge in [0.25, 0.3) is 0 Å². The number of anilines is 1. The highest BCUT2D eigenvalue weighted by Crippen LogP contribution is 2.36. The molecule has 0 aliphatic rings. The van der Waals surface area contributed by atoms with Crippen molar-refractivity contribution in [3.8, 4) is 11.5 Å². The zero-order valence-electron chi connectivity index (χ0n) is 11.2. The van der Waals surface area contributed by atoms with Crippen molar-refractivity contribution >= 4 is 17.3 Å². The van der Waals surface area contributed by atoms with E-state index in [9.17, 15) is 0 Å². The predicted molar refractivity (Wildman–Crippen MR) is 77.3 cm³/mol. The van der Waals surface area contributed by atoms with Crippen LogP contribution in [0.3, 0.4) is 0 Å². The van der Waals surface area contributed by atoms with Crippen LogP contribution in [0.15, 0.2) is 30.5 Å². The summed E-state index contributed by atoms with van der Waals surface area (Å²) in [7, 11) is 5.21. The Morgan fingerprint density at radius 3 is 2.53 bits per heavy atom. The Morgan fingerprint density at radius 1 is 1.21 bits per heavy atom. The smallest absolute Gasteiger partial charge is 0.145 e. The monoisotopic (exact) mass is 280 g/mol. The number of nitrogens with one attached hydrogen (secondary N) is 1. The van der Waals surface area contributed by atoms with Crippen LogP contribution >= 0.6 is 11.6 Å². The molecule has 1 N–H and O–H groups in total. The van der Waals surface area contributed by atoms with Crippen molar-refractivity contribution in [1.29, 1.82) is 0 Å². The highest BCUT2D eigenvalue weighted by Gasteiger charge is 2.10. The lowest BCUT2D eigenvalue weighted by Crippen LogP contribution is -2.05. The number of aromatic nitrogens is 1. The number of benzene rings is 1. The fourth-order valence-electron chi connectivity index (χ4n) is 1.86. The van der Waals surface area contributed by atoms with Gasteiger partial charge in [0.1, 0.15) is 11.5 Å². The molecule has 19 heavy (non-hydrogen) atoms. The van der Waals surface area contributed by atoms with Crippen molar-refractivity contribution in [3.05, 3.63) is 41.2 Å². The van der Waals surface area contributed by atoms with Gasteiger partial charge in [-0.15, -0.1) is 0 Å². The second kappa shape index (κ2) is 5.89. The molecule has 0 unspecified atom stereocenters. The van der Waals surface area contributed by atoms with Gasteiger partial charge in [-0.1, -0.05) is 11.6 Å². The average molecular weight is 281 g/mol. The summed E-state index contributed by atoms with van der Waals surface area (Å²) in [6.07, 6.45) is 2.01. The van der Waals surface area contributed by atoms with E-state index in [1.54, 1.807) is 20.3 Å². The van der Waals surface area contributed by atoms with Gasteiger partial charge in [0.05, 0.1) is 31.5 Å². The van der Waals surface area contributed by atoms with Gasteiger partial charge >= 0.3 is 0 Å². The molecule has 0 aliphatic heterocycles. The Kier molecular flexibility index (Phi) is 4.22. The zero-order chi connectivity index (χ0) is 13.8. The van der Waals surface area contributed by atoms with Crippen molar-refractivity contribution in [2.24, 2.45) is 7.05 Å². The number of methoxy groups -OCH3 is 2. The minimum Gasteiger partial charge on any atom is -0.495 e. The largest absolute Gasteiger partial charge is 0.495 e. The molecule has 0 radical (unpaired) electrons. The average Bonchev–Trinajstić information content (AvgIpc) is 2.82. The van der Waals surface area contributed by atoms with Crippen LogP contribution in [0.25, 0.3) is 0 Å². The van der Waals surface area contributed by atoms with Gasteiger partial charge < -0.3 is 19.4 Å². The van der Waals surface area contributed by atoms with Crippen molar-refractivity contribution in [1.82, 2.24) is 4.57 Å². The third-order valence-corrected chi connectivity index (χ3v) is 3.28. The molecule has 4 nitrogen and oxygen atoms in total. The number of halogens is 1. The Labute approximate surface area is 117 Å². The first kappa shape index (κ1) is 13.6. The molecule has 1 aromatic heterocycles. The van der Waals surface area contributed by atoms with Gasteiger partial charge in [0.2, 0.25) is 0 Å². The molecular formula is C14H17ClN2O2. The molecule has 0 amide bonds. The first-order valence-electron chi connectivity index (χ1n) is 5.91. The topological polar surface area (TPSA) is 35.4 Å². The van der Waals surface area contributed by atoms with E-state index in [-0.39, 0.29) is 0 Å². The van der Waals surface area contributed by atoms with E-state index < -0.39 is 0 Å². The maximum Gasteiger partial charge on any atom is 0.145 e. The van der Waals surface area contributed by atoms with Crippen LogP contribution in [-0.4, -0.2) is 18.8 Å². The van der Waals surface area contributed by atoms with Crippen molar-refractivity contribution in [2.75, 3.05) is 19.5 Å². The van der Waals surface area contributed by atoms with Crippen molar-refractivity contribution in [3.63, 3.8) is 0 Å². The minimum absolute atomic E-state index is 0.553. The van der Waals surface area contributed by atoms with E-state index in [0.29, 0.717) is 23.1 Å². The lowest BCUT2D eigenvalue weighted by atomic mass is 10.2. The second-order valence-corrected chi connectivity index (χ2v) is 4.56. The lowest BCUT2D eigenvalue weighted by Gasteiger charge is -2.14. The standard InChI is InChI=1S/C14H17ClN2O2/c1-17-6-4-5-10(17)9-16-12-7-11(15)13(18-2)8-14(12)19-3/h4-8,16H,9H2,1-3H3.